The molecule has 4 heteroatoms. The fraction of sp³-hybridized carbons (Fsp3) is 0. The van der Waals surface area contributed by atoms with Crippen LogP contribution in [-0.4, -0.2) is 0 Å². The van der Waals surface area contributed by atoms with Gasteiger partial charge in [-0.3, -0.25) is 0 Å². The average Bonchev–Trinajstić information content (AvgIpc) is 3.30. The molecule has 0 atom stereocenters. The lowest BCUT2D eigenvalue weighted by Gasteiger charge is -2.25. The second-order valence-electron chi connectivity index (χ2n) is 13.7. The third-order valence-corrected chi connectivity index (χ3v) is 9.95. The van der Waals surface area contributed by atoms with Crippen LogP contribution in [0.5, 0.6) is 0 Å². The van der Waals surface area contributed by atoms with Crippen LogP contribution in [0.4, 0.5) is 34.1 Å². The van der Waals surface area contributed by atoms with Gasteiger partial charge in [0, 0.05) is 34.1 Å². The van der Waals surface area contributed by atoms with Crippen molar-refractivity contribution in [3.8, 4) is 23.3 Å². The second-order valence-corrected chi connectivity index (χ2v) is 13.7. The van der Waals surface area contributed by atoms with Crippen molar-refractivity contribution in [1.82, 2.24) is 0 Å². The minimum absolute atomic E-state index is 0.592. The van der Waals surface area contributed by atoms with Crippen molar-refractivity contribution in [2.75, 3.05) is 9.80 Å². The molecule has 0 bridgehead atoms. The largest absolute Gasteiger partial charge is 0.311 e. The van der Waals surface area contributed by atoms with E-state index in [2.05, 4.69) is 119 Å². The Morgan fingerprint density at radius 2 is 0.569 bits per heavy atom. The number of nitrogens with zero attached hydrogens (tertiary/aromatic N) is 4. The molecule has 8 rings (SSSR count). The quantitative estimate of drug-likeness (QED) is 0.0978. The van der Waals surface area contributed by atoms with Crippen LogP contribution in [0, 0.1) is 22.7 Å². The molecule has 0 aliphatic rings. The Hall–Kier alpha value is -8.18. The lowest BCUT2D eigenvalue weighted by atomic mass is 9.99. The maximum atomic E-state index is 10.2. The van der Waals surface area contributed by atoms with E-state index in [-0.39, 0.29) is 0 Å². The fourth-order valence-electron chi connectivity index (χ4n) is 7.02. The Balaban J connectivity index is 0.966. The van der Waals surface area contributed by atoms with Gasteiger partial charge in [0.2, 0.25) is 0 Å². The molecular weight excluding hydrogens is 705 g/mol. The number of para-hydroxylation sites is 4. The highest BCUT2D eigenvalue weighted by Crippen LogP contribution is 2.36. The predicted octanol–water partition coefficient (Wildman–Crippen LogP) is 14.4. The van der Waals surface area contributed by atoms with Gasteiger partial charge >= 0.3 is 0 Å². The number of hydrogen-bond acceptors (Lipinski definition) is 4. The molecule has 0 saturated carbocycles. The van der Waals surface area contributed by atoms with Gasteiger partial charge in [-0.1, -0.05) is 146 Å². The van der Waals surface area contributed by atoms with Crippen LogP contribution < -0.4 is 9.80 Å². The average molecular weight is 743 g/mol. The van der Waals surface area contributed by atoms with Crippen LogP contribution in [0.1, 0.15) is 22.3 Å². The molecule has 0 N–H and O–H groups in total. The van der Waals surface area contributed by atoms with Crippen molar-refractivity contribution in [3.05, 3.63) is 241 Å². The van der Waals surface area contributed by atoms with Crippen molar-refractivity contribution >= 4 is 57.4 Å². The van der Waals surface area contributed by atoms with Crippen molar-refractivity contribution in [2.45, 2.75) is 0 Å². The number of anilines is 6. The number of allylic oxidation sites excluding steroid dienone is 2. The van der Waals surface area contributed by atoms with Gasteiger partial charge in [-0.25, -0.2) is 0 Å². The van der Waals surface area contributed by atoms with E-state index in [1.807, 2.05) is 133 Å². The highest BCUT2D eigenvalue weighted by Gasteiger charge is 2.14. The van der Waals surface area contributed by atoms with Gasteiger partial charge in [0.1, 0.15) is 0 Å². The van der Waals surface area contributed by atoms with Crippen molar-refractivity contribution in [3.63, 3.8) is 0 Å². The molecule has 0 spiro atoms. The molecule has 0 radical (unpaired) electrons. The minimum atomic E-state index is 0.592. The van der Waals surface area contributed by atoms with Crippen molar-refractivity contribution < 1.29 is 0 Å². The summed E-state index contributed by atoms with van der Waals surface area (Å²) in [4.78, 5) is 4.41. The van der Waals surface area contributed by atoms with Gasteiger partial charge in [-0.05, 0) is 118 Å². The second kappa shape index (κ2) is 17.5. The first-order valence-corrected chi connectivity index (χ1v) is 19.1. The van der Waals surface area contributed by atoms with E-state index in [1.54, 1.807) is 0 Å². The topological polar surface area (TPSA) is 54.1 Å². The summed E-state index contributed by atoms with van der Waals surface area (Å²) in [5.74, 6) is 0. The maximum Gasteiger partial charge on any atom is 0.0998 e. The van der Waals surface area contributed by atoms with Crippen LogP contribution in [0.25, 0.3) is 34.4 Å². The van der Waals surface area contributed by atoms with E-state index in [1.165, 1.54) is 0 Å². The molecule has 0 aromatic heterocycles. The smallest absolute Gasteiger partial charge is 0.0998 e. The molecule has 0 fully saturated rings. The van der Waals surface area contributed by atoms with Crippen LogP contribution in [0.3, 0.4) is 0 Å². The first-order valence-electron chi connectivity index (χ1n) is 19.1. The summed E-state index contributed by atoms with van der Waals surface area (Å²) in [6.45, 7) is 0. The number of hydrogen-bond donors (Lipinski definition) is 0. The summed E-state index contributed by atoms with van der Waals surface area (Å²) >= 11 is 0. The molecular formula is C54H38N4. The van der Waals surface area contributed by atoms with Gasteiger partial charge in [0.25, 0.3) is 0 Å². The Morgan fingerprint density at radius 3 is 0.828 bits per heavy atom. The van der Waals surface area contributed by atoms with Crippen LogP contribution in [0.15, 0.2) is 218 Å². The molecule has 0 amide bonds. The molecule has 0 heterocycles. The highest BCUT2D eigenvalue weighted by molar-refractivity contribution is 5.92. The number of benzene rings is 8. The molecule has 0 aliphatic carbocycles. The molecule has 4 nitrogen and oxygen atoms in total. The lowest BCUT2D eigenvalue weighted by molar-refractivity contribution is 1.28. The summed E-state index contributed by atoms with van der Waals surface area (Å²) in [5.41, 5.74) is 13.2. The zero-order chi connectivity index (χ0) is 39.5. The molecule has 0 unspecified atom stereocenters. The normalized spacial score (nSPS) is 11.3. The highest BCUT2D eigenvalue weighted by atomic mass is 15.1. The zero-order valence-corrected chi connectivity index (χ0v) is 31.7. The van der Waals surface area contributed by atoms with E-state index in [9.17, 15) is 10.5 Å². The fourth-order valence-corrected chi connectivity index (χ4v) is 7.02. The van der Waals surface area contributed by atoms with Gasteiger partial charge in [-0.15, -0.1) is 0 Å². The molecule has 58 heavy (non-hydrogen) atoms. The van der Waals surface area contributed by atoms with Crippen LogP contribution >= 0.6 is 0 Å². The molecule has 8 aromatic rings. The Kier molecular flexibility index (Phi) is 11.1. The Labute approximate surface area is 340 Å². The molecule has 0 aliphatic heterocycles. The van der Waals surface area contributed by atoms with Gasteiger partial charge in [0.15, 0.2) is 0 Å². The Bertz CT molecular complexity index is 2450. The van der Waals surface area contributed by atoms with Gasteiger partial charge in [-0.2, -0.15) is 10.5 Å². The van der Waals surface area contributed by atoms with Gasteiger partial charge < -0.3 is 9.80 Å². The third-order valence-electron chi connectivity index (χ3n) is 9.95. The van der Waals surface area contributed by atoms with Crippen LogP contribution in [-0.2, 0) is 0 Å². The third kappa shape index (κ3) is 8.38. The van der Waals surface area contributed by atoms with Gasteiger partial charge in [0.05, 0.1) is 23.3 Å². The van der Waals surface area contributed by atoms with E-state index in [4.69, 9.17) is 0 Å². The molecule has 274 valence electrons. The monoisotopic (exact) mass is 742 g/mol. The SMILES string of the molecule is N#CC(=Cc1ccc(-c2ccc(C=C(C#N)c3ccc(N(c4ccccc4)c4ccccc4)cc3)cc2)cc1)c1ccc(N(c2ccccc2)c2ccccc2)cc1. The van der Waals surface area contributed by atoms with E-state index < -0.39 is 0 Å². The minimum Gasteiger partial charge on any atom is -0.311 e. The summed E-state index contributed by atoms with van der Waals surface area (Å²) in [7, 11) is 0. The Morgan fingerprint density at radius 1 is 0.310 bits per heavy atom. The van der Waals surface area contributed by atoms with Crippen molar-refractivity contribution in [1.29, 1.82) is 10.5 Å². The van der Waals surface area contributed by atoms with E-state index >= 15 is 0 Å². The number of nitriles is 2. The standard InChI is InChI=1S/C54H38N4/c55-39-47(45-29-33-53(34-30-45)57(49-13-5-1-6-14-49)50-15-7-2-8-16-50)37-41-21-25-43(26-22-41)44-27-23-42(24-28-44)38-48(40-56)46-31-35-54(36-32-46)58(51-17-9-3-10-18-51)52-19-11-4-12-20-52/h1-38H. The maximum absolute atomic E-state index is 10.2. The molecule has 0 saturated heterocycles. The van der Waals surface area contributed by atoms with Crippen LogP contribution in [0.2, 0.25) is 0 Å². The summed E-state index contributed by atoms with van der Waals surface area (Å²) in [5, 5.41) is 20.3. The summed E-state index contributed by atoms with van der Waals surface area (Å²) < 4.78 is 0. The first kappa shape index (κ1) is 36.8. The summed E-state index contributed by atoms with van der Waals surface area (Å²) in [6, 6.07) is 78.6. The molecule has 8 aromatic carbocycles. The first-order chi connectivity index (χ1) is 28.7. The van der Waals surface area contributed by atoms with Crippen molar-refractivity contribution in [2.24, 2.45) is 0 Å². The predicted molar refractivity (Wildman–Crippen MR) is 241 cm³/mol. The number of rotatable bonds is 11. The lowest BCUT2D eigenvalue weighted by Crippen LogP contribution is -2.09. The summed E-state index contributed by atoms with van der Waals surface area (Å²) in [6.07, 6.45) is 3.85. The van der Waals surface area contributed by atoms with E-state index in [0.717, 1.165) is 67.5 Å². The van der Waals surface area contributed by atoms with E-state index in [0.29, 0.717) is 11.1 Å². The zero-order valence-electron chi connectivity index (χ0n) is 31.7.